The molecule has 0 atom stereocenters. The predicted octanol–water partition coefficient (Wildman–Crippen LogP) is 3.01. The summed E-state index contributed by atoms with van der Waals surface area (Å²) >= 11 is 0. The number of hydrogen-bond donors (Lipinski definition) is 0. The Bertz CT molecular complexity index is 942. The maximum Gasteiger partial charge on any atom is 0.359 e. The Balaban J connectivity index is 1.57. The highest BCUT2D eigenvalue weighted by atomic mass is 16.5. The number of carbonyl (C=O) groups excluding carboxylic acids is 1. The van der Waals surface area contributed by atoms with E-state index < -0.39 is 0 Å². The second kappa shape index (κ2) is 8.16. The van der Waals surface area contributed by atoms with E-state index in [4.69, 9.17) is 13.9 Å². The highest BCUT2D eigenvalue weighted by Gasteiger charge is 2.29. The van der Waals surface area contributed by atoms with E-state index in [0.717, 1.165) is 41.0 Å². The molecule has 28 heavy (non-hydrogen) atoms. The number of esters is 1. The molecule has 148 valence electrons. The van der Waals surface area contributed by atoms with Gasteiger partial charge in [-0.1, -0.05) is 18.2 Å². The van der Waals surface area contributed by atoms with Gasteiger partial charge in [-0.3, -0.25) is 9.58 Å². The highest BCUT2D eigenvalue weighted by molar-refractivity contribution is 5.89. The summed E-state index contributed by atoms with van der Waals surface area (Å²) in [5.41, 5.74) is 3.37. The zero-order valence-corrected chi connectivity index (χ0v) is 16.3. The molecule has 0 amide bonds. The van der Waals surface area contributed by atoms with Crippen LogP contribution in [0.1, 0.15) is 34.4 Å². The fourth-order valence-electron chi connectivity index (χ4n) is 3.74. The predicted molar refractivity (Wildman–Crippen MR) is 104 cm³/mol. The van der Waals surface area contributed by atoms with Gasteiger partial charge in [0.1, 0.15) is 11.3 Å². The van der Waals surface area contributed by atoms with Crippen molar-refractivity contribution in [1.82, 2.24) is 14.7 Å². The van der Waals surface area contributed by atoms with Crippen LogP contribution < -0.4 is 0 Å². The van der Waals surface area contributed by atoms with Crippen molar-refractivity contribution < 1.29 is 18.7 Å². The van der Waals surface area contributed by atoms with Crippen LogP contribution in [0.3, 0.4) is 0 Å². The minimum absolute atomic E-state index is 0.335. The van der Waals surface area contributed by atoms with Crippen molar-refractivity contribution in [3.63, 3.8) is 0 Å². The van der Waals surface area contributed by atoms with Crippen molar-refractivity contribution in [3.8, 4) is 0 Å². The summed E-state index contributed by atoms with van der Waals surface area (Å²) < 4.78 is 18.3. The summed E-state index contributed by atoms with van der Waals surface area (Å²) in [6.45, 7) is 5.54. The number of benzene rings is 1. The fourth-order valence-corrected chi connectivity index (χ4v) is 3.74. The maximum atomic E-state index is 12.4. The van der Waals surface area contributed by atoms with Gasteiger partial charge in [0.05, 0.1) is 26.3 Å². The van der Waals surface area contributed by atoms with Crippen LogP contribution in [0.5, 0.6) is 0 Å². The van der Waals surface area contributed by atoms with E-state index >= 15 is 0 Å². The number of methoxy groups -OCH3 is 1. The van der Waals surface area contributed by atoms with Gasteiger partial charge in [0, 0.05) is 43.3 Å². The van der Waals surface area contributed by atoms with Crippen molar-refractivity contribution >= 4 is 16.9 Å². The first-order valence-corrected chi connectivity index (χ1v) is 9.64. The minimum atomic E-state index is -0.361. The number of rotatable bonds is 7. The molecule has 4 rings (SSSR count). The monoisotopic (exact) mass is 383 g/mol. The first kappa shape index (κ1) is 18.7. The van der Waals surface area contributed by atoms with Gasteiger partial charge in [0.2, 0.25) is 0 Å². The lowest BCUT2D eigenvalue weighted by atomic mass is 10.0. The molecule has 0 bridgehead atoms. The molecular formula is C21H25N3O4. The van der Waals surface area contributed by atoms with E-state index in [1.165, 1.54) is 0 Å². The van der Waals surface area contributed by atoms with Gasteiger partial charge in [-0.05, 0) is 19.1 Å². The minimum Gasteiger partial charge on any atom is -0.461 e. The van der Waals surface area contributed by atoms with Gasteiger partial charge < -0.3 is 13.9 Å². The van der Waals surface area contributed by atoms with Gasteiger partial charge >= 0.3 is 5.97 Å². The summed E-state index contributed by atoms with van der Waals surface area (Å²) in [4.78, 5) is 14.7. The summed E-state index contributed by atoms with van der Waals surface area (Å²) in [5, 5.41) is 5.64. The molecule has 1 aliphatic heterocycles. The maximum absolute atomic E-state index is 12.4. The van der Waals surface area contributed by atoms with E-state index in [0.29, 0.717) is 38.5 Å². The standard InChI is InChI=1S/C21H25N3O4/c1-3-27-21(25)20-17-14-23(9-8-18(17)24(22-20)10-11-26-2)13-16-12-15-6-4-5-7-19(15)28-16/h4-7,12H,3,8-11,13-14H2,1-2H3. The van der Waals surface area contributed by atoms with Crippen molar-refractivity contribution in [1.29, 1.82) is 0 Å². The average molecular weight is 383 g/mol. The second-order valence-corrected chi connectivity index (χ2v) is 6.92. The fraction of sp³-hybridized carbons (Fsp3) is 0.429. The van der Waals surface area contributed by atoms with Crippen molar-refractivity contribution in [3.05, 3.63) is 53.0 Å². The molecule has 1 aromatic carbocycles. The molecular weight excluding hydrogens is 358 g/mol. The third-order valence-corrected chi connectivity index (χ3v) is 5.05. The third-order valence-electron chi connectivity index (χ3n) is 5.05. The molecule has 0 N–H and O–H groups in total. The van der Waals surface area contributed by atoms with Gasteiger partial charge in [-0.2, -0.15) is 5.10 Å². The van der Waals surface area contributed by atoms with Gasteiger partial charge in [0.15, 0.2) is 5.69 Å². The largest absolute Gasteiger partial charge is 0.461 e. The molecule has 0 aliphatic carbocycles. The van der Waals surface area contributed by atoms with Crippen LogP contribution in [0.15, 0.2) is 34.7 Å². The highest BCUT2D eigenvalue weighted by Crippen LogP contribution is 2.26. The Morgan fingerprint density at radius 2 is 2.18 bits per heavy atom. The molecule has 2 aromatic heterocycles. The van der Waals surface area contributed by atoms with E-state index in [2.05, 4.69) is 22.1 Å². The lowest BCUT2D eigenvalue weighted by Gasteiger charge is -2.26. The van der Waals surface area contributed by atoms with Crippen LogP contribution in [0.4, 0.5) is 0 Å². The summed E-state index contributed by atoms with van der Waals surface area (Å²) in [6.07, 6.45) is 0.825. The van der Waals surface area contributed by atoms with Crippen LogP contribution in [0, 0.1) is 0 Å². The Morgan fingerprint density at radius 1 is 1.32 bits per heavy atom. The van der Waals surface area contributed by atoms with Crippen LogP contribution in [0.2, 0.25) is 0 Å². The number of para-hydroxylation sites is 1. The van der Waals surface area contributed by atoms with Crippen LogP contribution in [-0.2, 0) is 35.5 Å². The number of carbonyl (C=O) groups is 1. The molecule has 1 aliphatic rings. The number of furan rings is 1. The molecule has 0 radical (unpaired) electrons. The number of hydrogen-bond acceptors (Lipinski definition) is 6. The number of nitrogens with zero attached hydrogens (tertiary/aromatic N) is 3. The Morgan fingerprint density at radius 3 is 2.96 bits per heavy atom. The van der Waals surface area contributed by atoms with E-state index in [1.807, 2.05) is 22.9 Å². The molecule has 3 heterocycles. The zero-order chi connectivity index (χ0) is 19.5. The third kappa shape index (κ3) is 3.68. The van der Waals surface area contributed by atoms with E-state index in [1.54, 1.807) is 14.0 Å². The summed E-state index contributed by atoms with van der Waals surface area (Å²) in [5.74, 6) is 0.564. The molecule has 7 nitrogen and oxygen atoms in total. The summed E-state index contributed by atoms with van der Waals surface area (Å²) in [6, 6.07) is 10.1. The van der Waals surface area contributed by atoms with Crippen LogP contribution in [0.25, 0.3) is 11.0 Å². The van der Waals surface area contributed by atoms with Gasteiger partial charge in [0.25, 0.3) is 0 Å². The van der Waals surface area contributed by atoms with Crippen molar-refractivity contribution in [2.45, 2.75) is 33.0 Å². The Labute approximate surface area is 163 Å². The zero-order valence-electron chi connectivity index (χ0n) is 16.3. The summed E-state index contributed by atoms with van der Waals surface area (Å²) in [7, 11) is 1.66. The first-order chi connectivity index (χ1) is 13.7. The molecule has 0 fully saturated rings. The number of fused-ring (bicyclic) bond motifs is 2. The molecule has 0 saturated carbocycles. The van der Waals surface area contributed by atoms with E-state index in [-0.39, 0.29) is 5.97 Å². The van der Waals surface area contributed by atoms with Crippen molar-refractivity contribution in [2.24, 2.45) is 0 Å². The second-order valence-electron chi connectivity index (χ2n) is 6.92. The Kier molecular flexibility index (Phi) is 5.45. The topological polar surface area (TPSA) is 69.7 Å². The van der Waals surface area contributed by atoms with Gasteiger partial charge in [-0.25, -0.2) is 4.79 Å². The lowest BCUT2D eigenvalue weighted by Crippen LogP contribution is -2.31. The molecule has 0 saturated heterocycles. The normalized spacial score (nSPS) is 14.4. The SMILES string of the molecule is CCOC(=O)c1nn(CCOC)c2c1CN(Cc1cc3ccccc3o1)CC2. The molecule has 0 unspecified atom stereocenters. The first-order valence-electron chi connectivity index (χ1n) is 9.64. The average Bonchev–Trinajstić information content (AvgIpc) is 3.27. The quantitative estimate of drug-likeness (QED) is 0.584. The lowest BCUT2D eigenvalue weighted by molar-refractivity contribution is 0.0515. The van der Waals surface area contributed by atoms with Gasteiger partial charge in [-0.15, -0.1) is 0 Å². The number of ether oxygens (including phenoxy) is 2. The Hall–Kier alpha value is -2.64. The van der Waals surface area contributed by atoms with E-state index in [9.17, 15) is 4.79 Å². The molecule has 7 heteroatoms. The van der Waals surface area contributed by atoms with Crippen LogP contribution >= 0.6 is 0 Å². The van der Waals surface area contributed by atoms with Crippen LogP contribution in [-0.4, -0.2) is 47.5 Å². The smallest absolute Gasteiger partial charge is 0.359 e. The molecule has 3 aromatic rings. The van der Waals surface area contributed by atoms with Crippen molar-refractivity contribution in [2.75, 3.05) is 26.9 Å². The number of aromatic nitrogens is 2. The molecule has 0 spiro atoms.